The zero-order valence-electron chi connectivity index (χ0n) is 11.3. The van der Waals surface area contributed by atoms with Crippen molar-refractivity contribution >= 4 is 28.6 Å². The van der Waals surface area contributed by atoms with Crippen molar-refractivity contribution in [2.75, 3.05) is 0 Å². The Morgan fingerprint density at radius 1 is 1.30 bits per heavy atom. The molecule has 3 nitrogen and oxygen atoms in total. The molecule has 1 aromatic rings. The van der Waals surface area contributed by atoms with Gasteiger partial charge in [-0.3, -0.25) is 0 Å². The first kappa shape index (κ1) is 15.5. The monoisotopic (exact) mass is 314 g/mol. The topological polar surface area (TPSA) is 51.2 Å². The van der Waals surface area contributed by atoms with Crippen molar-refractivity contribution in [1.82, 2.24) is 0 Å². The van der Waals surface area contributed by atoms with E-state index in [4.69, 9.17) is 11.6 Å². The maximum Gasteiger partial charge on any atom is 0.144 e. The fourth-order valence-corrected chi connectivity index (χ4v) is 4.03. The molecule has 0 aromatic heterocycles. The van der Waals surface area contributed by atoms with Crippen LogP contribution in [0.4, 0.5) is 0 Å². The second-order valence-corrected chi connectivity index (χ2v) is 6.78. The second-order valence-electron chi connectivity index (χ2n) is 5.40. The van der Waals surface area contributed by atoms with Gasteiger partial charge in [-0.25, -0.2) is 8.42 Å². The van der Waals surface area contributed by atoms with E-state index in [2.05, 4.69) is 0 Å². The first-order chi connectivity index (χ1) is 9.61. The molecule has 20 heavy (non-hydrogen) atoms. The molecule has 0 radical (unpaired) electrons. The average Bonchev–Trinajstić information content (AvgIpc) is 2.92. The van der Waals surface area contributed by atoms with E-state index < -0.39 is 10.7 Å². The van der Waals surface area contributed by atoms with Crippen molar-refractivity contribution in [2.45, 2.75) is 43.8 Å². The van der Waals surface area contributed by atoms with E-state index in [1.165, 1.54) is 12.8 Å². The van der Waals surface area contributed by atoms with Crippen LogP contribution in [0.25, 0.3) is 0 Å². The number of thiol groups is 1. The Kier molecular flexibility index (Phi) is 5.61. The lowest BCUT2D eigenvalue weighted by molar-refractivity contribution is -0.108. The third-order valence-corrected chi connectivity index (χ3v) is 5.07. The molecule has 1 atom stereocenters. The van der Waals surface area contributed by atoms with E-state index in [1.54, 1.807) is 6.07 Å². The molecule has 0 spiro atoms. The normalized spacial score (nSPS) is 17.5. The number of carbonyl (C=O) groups excluding carboxylic acids is 1. The molecule has 0 aliphatic heterocycles. The molecule has 1 aliphatic carbocycles. The van der Waals surface area contributed by atoms with Crippen LogP contribution in [-0.2, 0) is 21.3 Å². The Labute approximate surface area is 126 Å². The highest BCUT2D eigenvalue weighted by Crippen LogP contribution is 2.39. The Hall–Kier alpha value is -0.870. The lowest BCUT2D eigenvalue weighted by Crippen LogP contribution is -2.11. The van der Waals surface area contributed by atoms with Crippen molar-refractivity contribution in [2.24, 2.45) is 5.92 Å². The van der Waals surface area contributed by atoms with Gasteiger partial charge < -0.3 is 4.79 Å². The summed E-state index contributed by atoms with van der Waals surface area (Å²) in [5, 5.41) is 0.482. The molecule has 0 saturated heterocycles. The van der Waals surface area contributed by atoms with Gasteiger partial charge in [-0.05, 0) is 41.9 Å². The average molecular weight is 315 g/mol. The molecule has 0 N–H and O–H groups in total. The molecule has 0 amide bonds. The van der Waals surface area contributed by atoms with Gasteiger partial charge in [0.1, 0.15) is 17.0 Å². The molecule has 1 aliphatic rings. The molecular weight excluding hydrogens is 296 g/mol. The molecule has 110 valence electrons. The molecule has 1 saturated carbocycles. The van der Waals surface area contributed by atoms with Crippen molar-refractivity contribution in [3.05, 3.63) is 34.3 Å². The molecule has 1 fully saturated rings. The number of rotatable bonds is 6. The fourth-order valence-electron chi connectivity index (χ4n) is 3.13. The summed E-state index contributed by atoms with van der Waals surface area (Å²) in [5.41, 5.74) is 1.68. The maximum absolute atomic E-state index is 10.9. The van der Waals surface area contributed by atoms with Crippen LogP contribution < -0.4 is 0 Å². The summed E-state index contributed by atoms with van der Waals surface area (Å²) >= 11 is 6.17. The smallest absolute Gasteiger partial charge is 0.144 e. The van der Waals surface area contributed by atoms with Crippen LogP contribution in [0, 0.1) is 5.92 Å². The molecule has 2 rings (SSSR count). The number of halogens is 1. The van der Waals surface area contributed by atoms with Gasteiger partial charge in [-0.2, -0.15) is 0 Å². The minimum atomic E-state index is -2.47. The zero-order valence-corrected chi connectivity index (χ0v) is 12.9. The zero-order chi connectivity index (χ0) is 14.5. The van der Waals surface area contributed by atoms with Gasteiger partial charge in [0, 0.05) is 11.4 Å². The predicted molar refractivity (Wildman–Crippen MR) is 80.9 cm³/mol. The summed E-state index contributed by atoms with van der Waals surface area (Å²) in [5.74, 6) is 0.719. The lowest BCUT2D eigenvalue weighted by atomic mass is 9.82. The number of benzene rings is 1. The largest absolute Gasteiger partial charge is 0.303 e. The Balaban J connectivity index is 2.24. The van der Waals surface area contributed by atoms with Crippen molar-refractivity contribution < 1.29 is 13.2 Å². The van der Waals surface area contributed by atoms with Gasteiger partial charge in [0.15, 0.2) is 0 Å². The summed E-state index contributed by atoms with van der Waals surface area (Å²) in [6.07, 6.45) is 6.25. The first-order valence-electron chi connectivity index (χ1n) is 6.95. The van der Waals surface area contributed by atoms with Crippen LogP contribution in [0.3, 0.4) is 0 Å². The van der Waals surface area contributed by atoms with Gasteiger partial charge in [-0.1, -0.05) is 36.6 Å². The summed E-state index contributed by atoms with van der Waals surface area (Å²) in [6, 6.07) is 5.53. The molecule has 0 bridgehead atoms. The van der Waals surface area contributed by atoms with Crippen LogP contribution in [0.5, 0.6) is 0 Å². The maximum atomic E-state index is 10.9. The summed E-state index contributed by atoms with van der Waals surface area (Å²) in [7, 11) is -2.47. The third kappa shape index (κ3) is 3.83. The Bertz CT molecular complexity index is 540. The quantitative estimate of drug-likeness (QED) is 0.647. The Morgan fingerprint density at radius 3 is 2.55 bits per heavy atom. The van der Waals surface area contributed by atoms with E-state index in [1.807, 2.05) is 12.1 Å². The van der Waals surface area contributed by atoms with Gasteiger partial charge >= 0.3 is 0 Å². The fraction of sp³-hybridized carbons (Fsp3) is 0.533. The predicted octanol–water partition coefficient (Wildman–Crippen LogP) is 3.31. The molecule has 5 heteroatoms. The van der Waals surface area contributed by atoms with Gasteiger partial charge in [0.05, 0.1) is 5.75 Å². The standard InChI is InChI=1S/C15H19ClO3S/c16-15-9-12(5-6-13(15)10-20(18)19)14(7-8-17)11-3-1-2-4-11/h5-6,8-9,11,14,20H,1-4,7,10H2/t14-/m1/s1. The Morgan fingerprint density at radius 2 is 2.00 bits per heavy atom. The van der Waals surface area contributed by atoms with Crippen molar-refractivity contribution in [3.63, 3.8) is 0 Å². The highest BCUT2D eigenvalue weighted by atomic mass is 35.5. The van der Waals surface area contributed by atoms with E-state index in [-0.39, 0.29) is 11.7 Å². The first-order valence-corrected chi connectivity index (χ1v) is 8.69. The van der Waals surface area contributed by atoms with E-state index in [0.717, 1.165) is 24.7 Å². The van der Waals surface area contributed by atoms with Crippen LogP contribution in [-0.4, -0.2) is 14.7 Å². The number of hydrogen-bond acceptors (Lipinski definition) is 3. The van der Waals surface area contributed by atoms with E-state index in [0.29, 0.717) is 22.9 Å². The summed E-state index contributed by atoms with van der Waals surface area (Å²) in [6.45, 7) is 0. The van der Waals surface area contributed by atoms with Crippen LogP contribution in [0.15, 0.2) is 18.2 Å². The minimum absolute atomic E-state index is 0.0315. The SMILES string of the molecule is O=CC[C@@H](c1ccc(C[SH](=O)=O)c(Cl)c1)C1CCCC1. The highest BCUT2D eigenvalue weighted by Gasteiger charge is 2.26. The van der Waals surface area contributed by atoms with Crippen molar-refractivity contribution in [1.29, 1.82) is 0 Å². The van der Waals surface area contributed by atoms with E-state index in [9.17, 15) is 13.2 Å². The summed E-state index contributed by atoms with van der Waals surface area (Å²) in [4.78, 5) is 10.9. The molecule has 1 aromatic carbocycles. The van der Waals surface area contributed by atoms with Crippen LogP contribution in [0.1, 0.15) is 49.1 Å². The molecule has 0 unspecified atom stereocenters. The summed E-state index contributed by atoms with van der Waals surface area (Å²) < 4.78 is 21.6. The minimum Gasteiger partial charge on any atom is -0.303 e. The second kappa shape index (κ2) is 7.23. The number of aldehydes is 1. The van der Waals surface area contributed by atoms with Gasteiger partial charge in [0.25, 0.3) is 0 Å². The van der Waals surface area contributed by atoms with Crippen molar-refractivity contribution in [3.8, 4) is 0 Å². The number of hydrogen-bond donors (Lipinski definition) is 1. The van der Waals surface area contributed by atoms with E-state index >= 15 is 0 Å². The number of carbonyl (C=O) groups is 1. The lowest BCUT2D eigenvalue weighted by Gasteiger charge is -2.22. The molecular formula is C15H19ClO3S. The third-order valence-electron chi connectivity index (χ3n) is 4.12. The van der Waals surface area contributed by atoms with Crippen LogP contribution >= 0.6 is 11.6 Å². The molecule has 0 heterocycles. The highest BCUT2D eigenvalue weighted by molar-refractivity contribution is 7.71. The van der Waals surface area contributed by atoms with Gasteiger partial charge in [0.2, 0.25) is 0 Å². The van der Waals surface area contributed by atoms with Crippen LogP contribution in [0.2, 0.25) is 5.02 Å². The van der Waals surface area contributed by atoms with Gasteiger partial charge in [-0.15, -0.1) is 0 Å².